The summed E-state index contributed by atoms with van der Waals surface area (Å²) < 4.78 is 33.2. The zero-order valence-corrected chi connectivity index (χ0v) is 37.8. The third-order valence-electron chi connectivity index (χ3n) is 9.69. The van der Waals surface area contributed by atoms with Crippen LogP contribution in [0.15, 0.2) is 85.1 Å². The number of phosphoric acid groups is 1. The molecule has 14 nitrogen and oxygen atoms in total. The predicted molar refractivity (Wildman–Crippen MR) is 240 cm³/mol. The van der Waals surface area contributed by atoms with Gasteiger partial charge in [-0.05, 0) is 83.1 Å². The predicted octanol–water partition coefficient (Wildman–Crippen LogP) is 7.68. The Morgan fingerprint density at radius 3 is 1.55 bits per heavy atom. The fourth-order valence-electron chi connectivity index (χ4n) is 6.01. The number of unbranched alkanes of at least 4 members (excludes halogenated alkanes) is 8. The molecular formula is C47H75O14P. The van der Waals surface area contributed by atoms with E-state index in [9.17, 15) is 49.4 Å². The number of carbonyl (C=O) groups is 3. The van der Waals surface area contributed by atoms with Crippen molar-refractivity contribution >= 4 is 25.5 Å². The van der Waals surface area contributed by atoms with Gasteiger partial charge in [0.1, 0.15) is 43.2 Å². The van der Waals surface area contributed by atoms with Gasteiger partial charge in [-0.25, -0.2) is 4.57 Å². The standard InChI is InChI=1S/C47H75O14P/c1-3-5-7-9-11-13-15-17-18-20-22-24-26-28-30-34-40(49)58-36-39(37-59-62(56,57)61-47-45(54)43(52)42(51)44(53)46(47)55)60-41(50)35-31-33-38(48)32-29-27-25-23-21-19-16-14-12-10-8-6-4-2/h11-14,17-19,21-22,24-25,27,29,32,39,42-47,51-55H,3-10,15-16,20,23,26,28,30-31,33-37H2,1-2H3,(H,56,57)/b13-11-,14-12-,18-17-,21-19-,24-22-,27-25-,32-29+/t39-,42?,43-,44+,45-,46-,47?/m1/s1. The quantitative estimate of drug-likeness (QED) is 0.00897. The molecule has 8 atom stereocenters. The highest BCUT2D eigenvalue weighted by molar-refractivity contribution is 7.47. The van der Waals surface area contributed by atoms with Gasteiger partial charge in [-0.3, -0.25) is 23.4 Å². The van der Waals surface area contributed by atoms with Crippen molar-refractivity contribution < 1.29 is 67.9 Å². The first kappa shape index (κ1) is 56.7. The van der Waals surface area contributed by atoms with E-state index in [2.05, 4.69) is 62.5 Å². The summed E-state index contributed by atoms with van der Waals surface area (Å²) >= 11 is 0. The highest BCUT2D eigenvalue weighted by atomic mass is 31.2. The van der Waals surface area contributed by atoms with Gasteiger partial charge in [0.15, 0.2) is 11.9 Å². The van der Waals surface area contributed by atoms with Crippen molar-refractivity contribution in [3.05, 3.63) is 85.1 Å². The molecule has 0 saturated heterocycles. The van der Waals surface area contributed by atoms with Crippen molar-refractivity contribution in [2.75, 3.05) is 13.2 Å². The number of phosphoric ester groups is 1. The molecule has 1 aliphatic rings. The van der Waals surface area contributed by atoms with Crippen LogP contribution in [0.3, 0.4) is 0 Å². The molecule has 0 aromatic rings. The van der Waals surface area contributed by atoms with E-state index < -0.39 is 75.7 Å². The first-order chi connectivity index (χ1) is 29.8. The molecule has 0 amide bonds. The van der Waals surface area contributed by atoms with Crippen molar-refractivity contribution in [2.24, 2.45) is 0 Å². The summed E-state index contributed by atoms with van der Waals surface area (Å²) in [7, 11) is -5.20. The Balaban J connectivity index is 2.62. The van der Waals surface area contributed by atoms with E-state index in [1.165, 1.54) is 44.6 Å². The molecule has 0 bridgehead atoms. The average Bonchev–Trinajstić information content (AvgIpc) is 3.25. The van der Waals surface area contributed by atoms with Gasteiger partial charge in [0, 0.05) is 19.3 Å². The second kappa shape index (κ2) is 36.1. The maximum atomic E-state index is 12.8. The van der Waals surface area contributed by atoms with Crippen LogP contribution >= 0.6 is 7.82 Å². The monoisotopic (exact) mass is 894 g/mol. The minimum atomic E-state index is -5.20. The molecule has 15 heteroatoms. The van der Waals surface area contributed by atoms with Crippen molar-refractivity contribution in [1.82, 2.24) is 0 Å². The highest BCUT2D eigenvalue weighted by Crippen LogP contribution is 2.47. The lowest BCUT2D eigenvalue weighted by Crippen LogP contribution is -2.64. The van der Waals surface area contributed by atoms with Gasteiger partial charge in [-0.1, -0.05) is 119 Å². The molecule has 0 heterocycles. The smallest absolute Gasteiger partial charge is 0.462 e. The Morgan fingerprint density at radius 1 is 0.548 bits per heavy atom. The zero-order valence-electron chi connectivity index (χ0n) is 36.9. The van der Waals surface area contributed by atoms with Crippen molar-refractivity contribution in [2.45, 2.75) is 179 Å². The average molecular weight is 895 g/mol. The summed E-state index contributed by atoms with van der Waals surface area (Å²) in [5, 5.41) is 50.1. The van der Waals surface area contributed by atoms with Gasteiger partial charge in [-0.15, -0.1) is 0 Å². The lowest BCUT2D eigenvalue weighted by atomic mass is 9.85. The number of allylic oxidation sites excluding steroid dienone is 14. The Hall–Kier alpha value is -3.30. The largest absolute Gasteiger partial charge is 0.472 e. The number of esters is 2. The second-order valence-electron chi connectivity index (χ2n) is 15.2. The summed E-state index contributed by atoms with van der Waals surface area (Å²) in [6, 6.07) is 0. The van der Waals surface area contributed by atoms with Gasteiger partial charge >= 0.3 is 19.8 Å². The minimum Gasteiger partial charge on any atom is -0.462 e. The van der Waals surface area contributed by atoms with Crippen LogP contribution in [0.5, 0.6) is 0 Å². The Kier molecular flexibility index (Phi) is 33.0. The molecule has 1 fully saturated rings. The molecule has 0 aromatic heterocycles. The van der Waals surface area contributed by atoms with Gasteiger partial charge < -0.3 is 39.9 Å². The molecule has 352 valence electrons. The number of aliphatic hydroxyl groups excluding tert-OH is 5. The summed E-state index contributed by atoms with van der Waals surface area (Å²) in [5.74, 6) is -1.62. The second-order valence-corrected chi connectivity index (χ2v) is 16.6. The fraction of sp³-hybridized carbons (Fsp3) is 0.638. The maximum absolute atomic E-state index is 12.8. The molecule has 1 rings (SSSR count). The normalized spacial score (nSPS) is 22.6. The van der Waals surface area contributed by atoms with Gasteiger partial charge in [0.25, 0.3) is 0 Å². The summed E-state index contributed by atoms with van der Waals surface area (Å²) in [6.07, 6.45) is 29.3. The Labute approximate surface area is 369 Å². The molecule has 6 N–H and O–H groups in total. The lowest BCUT2D eigenvalue weighted by molar-refractivity contribution is -0.220. The molecule has 0 aliphatic heterocycles. The van der Waals surface area contributed by atoms with E-state index in [0.29, 0.717) is 6.42 Å². The third kappa shape index (κ3) is 28.4. The SMILES string of the molecule is CCCCC/C=C\C/C=C\C/C=C\C=C\C(=O)CCCC(=O)O[C@H](COC(=O)CCCC/C=C\C/C=C\C/C=C\CCCCC)COP(=O)(O)OC1[C@H](O)[C@H](O)C(O)[C@H](O)[C@H]1O. The minimum absolute atomic E-state index is 0.0426. The number of aliphatic hydroxyl groups is 5. The molecule has 0 radical (unpaired) electrons. The maximum Gasteiger partial charge on any atom is 0.472 e. The molecule has 62 heavy (non-hydrogen) atoms. The van der Waals surface area contributed by atoms with Crippen LogP contribution in [-0.2, 0) is 37.5 Å². The highest BCUT2D eigenvalue weighted by Gasteiger charge is 2.51. The van der Waals surface area contributed by atoms with Crippen LogP contribution in [0.4, 0.5) is 0 Å². The molecular weight excluding hydrogens is 819 g/mol. The first-order valence-electron chi connectivity index (χ1n) is 22.3. The van der Waals surface area contributed by atoms with Crippen LogP contribution in [0.1, 0.15) is 136 Å². The van der Waals surface area contributed by atoms with E-state index in [1.54, 1.807) is 12.2 Å². The third-order valence-corrected chi connectivity index (χ3v) is 10.7. The van der Waals surface area contributed by atoms with Gasteiger partial charge in [0.05, 0.1) is 6.61 Å². The van der Waals surface area contributed by atoms with Crippen LogP contribution in [0, 0.1) is 0 Å². The van der Waals surface area contributed by atoms with Crippen molar-refractivity contribution in [3.8, 4) is 0 Å². The first-order valence-corrected chi connectivity index (χ1v) is 23.8. The van der Waals surface area contributed by atoms with Crippen LogP contribution in [-0.4, -0.2) is 104 Å². The number of ketones is 1. The van der Waals surface area contributed by atoms with E-state index in [-0.39, 0.29) is 31.5 Å². The summed E-state index contributed by atoms with van der Waals surface area (Å²) in [4.78, 5) is 47.9. The molecule has 1 aliphatic carbocycles. The van der Waals surface area contributed by atoms with Crippen molar-refractivity contribution in [3.63, 3.8) is 0 Å². The Bertz CT molecular complexity index is 1470. The molecule has 3 unspecified atom stereocenters. The number of carbonyl (C=O) groups excluding carboxylic acids is 3. The number of hydrogen-bond donors (Lipinski definition) is 6. The van der Waals surface area contributed by atoms with Crippen LogP contribution < -0.4 is 0 Å². The number of rotatable bonds is 35. The number of hydrogen-bond acceptors (Lipinski definition) is 13. The number of ether oxygens (including phenoxy) is 2. The zero-order chi connectivity index (χ0) is 45.9. The van der Waals surface area contributed by atoms with E-state index in [0.717, 1.165) is 51.4 Å². The topological polar surface area (TPSA) is 227 Å². The van der Waals surface area contributed by atoms with E-state index >= 15 is 0 Å². The fourth-order valence-corrected chi connectivity index (χ4v) is 6.98. The summed E-state index contributed by atoms with van der Waals surface area (Å²) in [5.41, 5.74) is 0. The summed E-state index contributed by atoms with van der Waals surface area (Å²) in [6.45, 7) is 2.98. The Morgan fingerprint density at radius 2 is 1.02 bits per heavy atom. The molecule has 0 aromatic carbocycles. The molecule has 1 saturated carbocycles. The van der Waals surface area contributed by atoms with Gasteiger partial charge in [-0.2, -0.15) is 0 Å². The van der Waals surface area contributed by atoms with Crippen LogP contribution in [0.25, 0.3) is 0 Å². The van der Waals surface area contributed by atoms with E-state index in [1.807, 2.05) is 18.2 Å². The van der Waals surface area contributed by atoms with Crippen molar-refractivity contribution in [1.29, 1.82) is 0 Å². The lowest BCUT2D eigenvalue weighted by Gasteiger charge is -2.41. The van der Waals surface area contributed by atoms with Crippen LogP contribution in [0.2, 0.25) is 0 Å². The van der Waals surface area contributed by atoms with E-state index in [4.69, 9.17) is 18.5 Å². The molecule has 0 spiro atoms. The van der Waals surface area contributed by atoms with Gasteiger partial charge in [0.2, 0.25) is 0 Å².